The number of nitrogens with zero attached hydrogens (tertiary/aromatic N) is 1. The highest BCUT2D eigenvalue weighted by molar-refractivity contribution is 9.10. The highest BCUT2D eigenvalue weighted by Gasteiger charge is 2.36. The fraction of sp³-hybridized carbons (Fsp3) is 0.0952. The lowest BCUT2D eigenvalue weighted by atomic mass is 9.92. The molecule has 0 spiro atoms. The van der Waals surface area contributed by atoms with Crippen molar-refractivity contribution in [3.8, 4) is 5.75 Å². The highest BCUT2D eigenvalue weighted by Crippen LogP contribution is 2.40. The summed E-state index contributed by atoms with van der Waals surface area (Å²) < 4.78 is 21.5. The molecule has 1 aliphatic rings. The van der Waals surface area contributed by atoms with Gasteiger partial charge >= 0.3 is 11.3 Å². The minimum atomic E-state index is -1.81. The van der Waals surface area contributed by atoms with Crippen LogP contribution in [-0.4, -0.2) is 9.99 Å². The van der Waals surface area contributed by atoms with Crippen molar-refractivity contribution < 1.29 is 13.2 Å². The number of carbonyl (C=O) groups is 1. The molecule has 0 fully saturated rings. The number of ketones is 1. The minimum absolute atomic E-state index is 0.0311. The number of Topliss-reactive ketones (excluding diaryl/α,β-unsaturated/α-hetero) is 1. The molecule has 0 unspecified atom stereocenters. The maximum absolute atomic E-state index is 13.2. The molecule has 3 aromatic carbocycles. The van der Waals surface area contributed by atoms with Crippen LogP contribution in [0.2, 0.25) is 0 Å². The first-order chi connectivity index (χ1) is 13.1. The van der Waals surface area contributed by atoms with E-state index in [4.69, 9.17) is 4.18 Å². The molecule has 0 saturated heterocycles. The van der Waals surface area contributed by atoms with Crippen molar-refractivity contribution in [2.45, 2.75) is 12.5 Å². The molecule has 0 amide bonds. The van der Waals surface area contributed by atoms with Crippen LogP contribution >= 0.6 is 15.9 Å². The number of halogens is 1. The molecule has 0 aromatic heterocycles. The second-order valence-electron chi connectivity index (χ2n) is 6.15. The van der Waals surface area contributed by atoms with E-state index in [1.165, 1.54) is 0 Å². The second kappa shape index (κ2) is 7.66. The summed E-state index contributed by atoms with van der Waals surface area (Å²) in [6.07, 6.45) is 0.233. The molecule has 136 valence electrons. The summed E-state index contributed by atoms with van der Waals surface area (Å²) in [4.78, 5) is 12.7. The number of benzene rings is 3. The first-order valence-electron chi connectivity index (χ1n) is 8.45. The van der Waals surface area contributed by atoms with E-state index < -0.39 is 11.3 Å². The number of carbonyl (C=O) groups excluding carboxylic acids is 1. The van der Waals surface area contributed by atoms with Gasteiger partial charge in [-0.1, -0.05) is 58.4 Å². The van der Waals surface area contributed by atoms with E-state index >= 15 is 0 Å². The Balaban J connectivity index is 1.78. The van der Waals surface area contributed by atoms with Crippen LogP contribution in [0, 0.1) is 0 Å². The summed E-state index contributed by atoms with van der Waals surface area (Å²) in [5, 5.41) is 0. The van der Waals surface area contributed by atoms with E-state index in [1.807, 2.05) is 60.7 Å². The van der Waals surface area contributed by atoms with Gasteiger partial charge in [0, 0.05) is 16.5 Å². The number of rotatable bonds is 4. The molecule has 0 aliphatic carbocycles. The predicted octanol–water partition coefficient (Wildman–Crippen LogP) is 5.24. The van der Waals surface area contributed by atoms with Crippen molar-refractivity contribution in [2.75, 3.05) is 4.31 Å². The maximum atomic E-state index is 13.2. The average molecular weight is 442 g/mol. The molecular weight excluding hydrogens is 426 g/mol. The molecule has 1 heterocycles. The summed E-state index contributed by atoms with van der Waals surface area (Å²) in [5.74, 6) is 0.543. The quantitative estimate of drug-likeness (QED) is 0.555. The smallest absolute Gasteiger partial charge is 0.319 e. The lowest BCUT2D eigenvalue weighted by Crippen LogP contribution is -2.38. The zero-order valence-corrected chi connectivity index (χ0v) is 16.7. The van der Waals surface area contributed by atoms with Crippen molar-refractivity contribution in [3.05, 3.63) is 94.5 Å². The molecular formula is C21H16BrNO3S. The Bertz CT molecular complexity index is 1010. The van der Waals surface area contributed by atoms with E-state index in [0.717, 1.165) is 10.0 Å². The van der Waals surface area contributed by atoms with Crippen LogP contribution in [0.3, 0.4) is 0 Å². The van der Waals surface area contributed by atoms with Crippen molar-refractivity contribution in [3.63, 3.8) is 0 Å². The first kappa shape index (κ1) is 17.9. The Morgan fingerprint density at radius 2 is 1.70 bits per heavy atom. The number of fused-ring (bicyclic) bond motifs is 1. The molecule has 4 nitrogen and oxygen atoms in total. The Labute approximate surface area is 168 Å². The maximum Gasteiger partial charge on any atom is 0.319 e. The molecule has 27 heavy (non-hydrogen) atoms. The van der Waals surface area contributed by atoms with Crippen LogP contribution in [0.5, 0.6) is 5.75 Å². The van der Waals surface area contributed by atoms with Gasteiger partial charge in [0.25, 0.3) is 0 Å². The number of para-hydroxylation sites is 2. The molecule has 0 bridgehead atoms. The molecule has 3 aromatic rings. The zero-order chi connectivity index (χ0) is 18.8. The third-order valence-electron chi connectivity index (χ3n) is 4.41. The van der Waals surface area contributed by atoms with Gasteiger partial charge in [-0.05, 0) is 42.0 Å². The SMILES string of the molecule is O=C1C[C@@H](c2cccc(Br)c2)N([S@@](=O)Oc2ccccc2)c2ccccc21. The van der Waals surface area contributed by atoms with Crippen molar-refractivity contribution >= 4 is 38.7 Å². The van der Waals surface area contributed by atoms with Crippen LogP contribution in [0.15, 0.2) is 83.3 Å². The van der Waals surface area contributed by atoms with Crippen molar-refractivity contribution in [2.24, 2.45) is 0 Å². The van der Waals surface area contributed by atoms with Gasteiger partial charge in [0.15, 0.2) is 5.78 Å². The average Bonchev–Trinajstić information content (AvgIpc) is 2.68. The molecule has 6 heteroatoms. The van der Waals surface area contributed by atoms with Gasteiger partial charge in [-0.3, -0.25) is 9.10 Å². The third-order valence-corrected chi connectivity index (χ3v) is 6.01. The minimum Gasteiger partial charge on any atom is -0.385 e. The van der Waals surface area contributed by atoms with Gasteiger partial charge in [-0.25, -0.2) is 0 Å². The summed E-state index contributed by atoms with van der Waals surface area (Å²) in [5.41, 5.74) is 2.08. The second-order valence-corrected chi connectivity index (χ2v) is 8.06. The van der Waals surface area contributed by atoms with Crippen LogP contribution < -0.4 is 8.49 Å². The monoisotopic (exact) mass is 441 g/mol. The Morgan fingerprint density at radius 1 is 0.963 bits per heavy atom. The van der Waals surface area contributed by atoms with Crippen LogP contribution in [0.1, 0.15) is 28.4 Å². The van der Waals surface area contributed by atoms with Crippen molar-refractivity contribution in [1.29, 1.82) is 0 Å². The predicted molar refractivity (Wildman–Crippen MR) is 110 cm³/mol. The van der Waals surface area contributed by atoms with Crippen molar-refractivity contribution in [1.82, 2.24) is 0 Å². The molecule has 0 radical (unpaired) electrons. The summed E-state index contributed by atoms with van der Waals surface area (Å²) in [6, 6.07) is 23.6. The first-order valence-corrected chi connectivity index (χ1v) is 10.3. The Hall–Kier alpha value is -2.44. The van der Waals surface area contributed by atoms with E-state index in [9.17, 15) is 9.00 Å². The molecule has 4 rings (SSSR count). The largest absolute Gasteiger partial charge is 0.385 e. The van der Waals surface area contributed by atoms with E-state index in [2.05, 4.69) is 15.9 Å². The Kier molecular flexibility index (Phi) is 5.09. The summed E-state index contributed by atoms with van der Waals surface area (Å²) in [6.45, 7) is 0. The van der Waals surface area contributed by atoms with Gasteiger partial charge in [-0.2, -0.15) is 4.21 Å². The normalized spacial score (nSPS) is 17.3. The molecule has 1 aliphatic heterocycles. The van der Waals surface area contributed by atoms with Gasteiger partial charge in [-0.15, -0.1) is 0 Å². The van der Waals surface area contributed by atoms with Gasteiger partial charge < -0.3 is 4.18 Å². The summed E-state index contributed by atoms with van der Waals surface area (Å²) in [7, 11) is 0. The topological polar surface area (TPSA) is 46.6 Å². The van der Waals surface area contributed by atoms with Crippen LogP contribution in [0.25, 0.3) is 0 Å². The highest BCUT2D eigenvalue weighted by atomic mass is 79.9. The zero-order valence-electron chi connectivity index (χ0n) is 14.2. The number of hydrogen-bond acceptors (Lipinski definition) is 3. The lowest BCUT2D eigenvalue weighted by molar-refractivity contribution is 0.0969. The van der Waals surface area contributed by atoms with E-state index in [0.29, 0.717) is 17.0 Å². The molecule has 2 atom stereocenters. The fourth-order valence-corrected chi connectivity index (χ4v) is 4.68. The fourth-order valence-electron chi connectivity index (χ4n) is 3.19. The standard InChI is InChI=1S/C21H16BrNO3S/c22-16-8-6-7-15(13-16)20-14-21(24)18-11-4-5-12-19(18)23(20)27(25)26-17-9-2-1-3-10-17/h1-13,20H,14H2/t20-,27-/m0/s1. The molecule has 0 saturated carbocycles. The van der Waals surface area contributed by atoms with Gasteiger partial charge in [0.05, 0.1) is 11.7 Å². The third kappa shape index (κ3) is 3.68. The van der Waals surface area contributed by atoms with Crippen LogP contribution in [-0.2, 0) is 11.3 Å². The number of hydrogen-bond donors (Lipinski definition) is 0. The summed E-state index contributed by atoms with van der Waals surface area (Å²) >= 11 is 1.67. The number of anilines is 1. The van der Waals surface area contributed by atoms with E-state index in [1.54, 1.807) is 22.5 Å². The van der Waals surface area contributed by atoms with Gasteiger partial charge in [0.1, 0.15) is 5.75 Å². The Morgan fingerprint density at radius 3 is 2.48 bits per heavy atom. The molecule has 0 N–H and O–H groups in total. The van der Waals surface area contributed by atoms with Crippen LogP contribution in [0.4, 0.5) is 5.69 Å². The van der Waals surface area contributed by atoms with E-state index in [-0.39, 0.29) is 18.2 Å². The van der Waals surface area contributed by atoms with Gasteiger partial charge in [0.2, 0.25) is 0 Å². The lowest BCUT2D eigenvalue weighted by Gasteiger charge is -2.36.